The number of hydrogen-bond acceptors (Lipinski definition) is 3. The van der Waals surface area contributed by atoms with Crippen molar-refractivity contribution in [3.63, 3.8) is 0 Å². The number of ether oxygens (including phenoxy) is 1. The van der Waals surface area contributed by atoms with Gasteiger partial charge in [-0.05, 0) is 50.1 Å². The first-order valence-corrected chi connectivity index (χ1v) is 8.49. The zero-order valence-corrected chi connectivity index (χ0v) is 13.1. The van der Waals surface area contributed by atoms with Gasteiger partial charge in [-0.1, -0.05) is 6.58 Å². The van der Waals surface area contributed by atoms with Gasteiger partial charge in [-0.25, -0.2) is 0 Å². The van der Waals surface area contributed by atoms with Crippen LogP contribution in [-0.2, 0) is 24.0 Å². The van der Waals surface area contributed by atoms with Crippen LogP contribution in [0, 0.1) is 11.8 Å². The van der Waals surface area contributed by atoms with Gasteiger partial charge < -0.3 is 9.72 Å². The molecule has 0 amide bonds. The Balaban J connectivity index is 1.53. The quantitative estimate of drug-likeness (QED) is 0.686. The fourth-order valence-electron chi connectivity index (χ4n) is 4.56. The van der Waals surface area contributed by atoms with Crippen LogP contribution >= 0.6 is 0 Å². The molecule has 1 N–H and O–H groups in total. The van der Waals surface area contributed by atoms with E-state index in [9.17, 15) is 4.79 Å². The number of ketones is 1. The number of aromatic amines is 1. The average Bonchev–Trinajstić information content (AvgIpc) is 3.08. The van der Waals surface area contributed by atoms with Gasteiger partial charge in [0.1, 0.15) is 0 Å². The fourth-order valence-corrected chi connectivity index (χ4v) is 4.56. The number of nitrogens with zero attached hydrogens (tertiary/aromatic N) is 1. The van der Waals surface area contributed by atoms with E-state index in [1.807, 2.05) is 0 Å². The molecule has 1 saturated heterocycles. The van der Waals surface area contributed by atoms with Crippen molar-refractivity contribution in [1.29, 1.82) is 0 Å². The highest BCUT2D eigenvalue weighted by atomic mass is 16.5. The lowest BCUT2D eigenvalue weighted by molar-refractivity contribution is 0.0610. The summed E-state index contributed by atoms with van der Waals surface area (Å²) in [5.41, 5.74) is 4.98. The molecule has 4 heteroatoms. The lowest BCUT2D eigenvalue weighted by atomic mass is 9.72. The normalized spacial score (nSPS) is 27.2. The standard InChI is InChI=1S/C18H24N2O2/c1-2-22-9-8-20-7-6-12-10-16-17(18(21)14(12)11-20)13-4-3-5-15(13)19-16/h2,12,14,19H,1,3-11H2/t12-,14+/m0/s1. The summed E-state index contributed by atoms with van der Waals surface area (Å²) in [6.07, 6.45) is 7.08. The molecule has 1 aliphatic heterocycles. The van der Waals surface area contributed by atoms with E-state index in [1.165, 1.54) is 29.6 Å². The number of aryl methyl sites for hydroxylation is 1. The molecule has 0 unspecified atom stereocenters. The predicted molar refractivity (Wildman–Crippen MR) is 85.0 cm³/mol. The van der Waals surface area contributed by atoms with Gasteiger partial charge in [0.2, 0.25) is 0 Å². The number of carbonyl (C=O) groups is 1. The molecule has 1 aromatic heterocycles. The summed E-state index contributed by atoms with van der Waals surface area (Å²) in [5.74, 6) is 1.11. The van der Waals surface area contributed by atoms with Crippen LogP contribution in [0.4, 0.5) is 0 Å². The summed E-state index contributed by atoms with van der Waals surface area (Å²) in [6, 6.07) is 0. The lowest BCUT2D eigenvalue weighted by Crippen LogP contribution is -2.47. The third kappa shape index (κ3) is 2.21. The van der Waals surface area contributed by atoms with Crippen LogP contribution in [0.5, 0.6) is 0 Å². The molecule has 0 aromatic carbocycles. The third-order valence-electron chi connectivity index (χ3n) is 5.66. The van der Waals surface area contributed by atoms with Gasteiger partial charge in [0, 0.05) is 36.0 Å². The van der Waals surface area contributed by atoms with Crippen molar-refractivity contribution in [1.82, 2.24) is 9.88 Å². The van der Waals surface area contributed by atoms with Gasteiger partial charge in [0.05, 0.1) is 12.9 Å². The van der Waals surface area contributed by atoms with E-state index in [-0.39, 0.29) is 5.92 Å². The van der Waals surface area contributed by atoms with Crippen molar-refractivity contribution < 1.29 is 9.53 Å². The molecule has 0 bridgehead atoms. The Morgan fingerprint density at radius 1 is 1.36 bits per heavy atom. The van der Waals surface area contributed by atoms with Crippen molar-refractivity contribution >= 4 is 5.78 Å². The summed E-state index contributed by atoms with van der Waals surface area (Å²) in [5, 5.41) is 0. The Hall–Kier alpha value is -1.55. The number of H-pyrrole nitrogens is 1. The van der Waals surface area contributed by atoms with Crippen LogP contribution in [0.15, 0.2) is 12.8 Å². The van der Waals surface area contributed by atoms with Crippen LogP contribution in [0.3, 0.4) is 0 Å². The highest BCUT2D eigenvalue weighted by Crippen LogP contribution is 2.39. The molecule has 2 heterocycles. The molecule has 1 aromatic rings. The van der Waals surface area contributed by atoms with E-state index in [0.717, 1.165) is 50.9 Å². The Kier molecular flexibility index (Phi) is 3.57. The molecule has 22 heavy (non-hydrogen) atoms. The van der Waals surface area contributed by atoms with Crippen molar-refractivity contribution in [2.75, 3.05) is 26.2 Å². The monoisotopic (exact) mass is 300 g/mol. The molecular formula is C18H24N2O2. The van der Waals surface area contributed by atoms with E-state index in [4.69, 9.17) is 4.74 Å². The van der Waals surface area contributed by atoms with Gasteiger partial charge in [-0.2, -0.15) is 0 Å². The number of Topliss-reactive ketones (excluding diaryl/α,β-unsaturated/α-hetero) is 1. The molecule has 1 fully saturated rings. The maximum absolute atomic E-state index is 13.1. The van der Waals surface area contributed by atoms with Gasteiger partial charge in [0.15, 0.2) is 5.78 Å². The molecule has 2 atom stereocenters. The van der Waals surface area contributed by atoms with Crippen molar-refractivity contribution in [3.8, 4) is 0 Å². The smallest absolute Gasteiger partial charge is 0.169 e. The summed E-state index contributed by atoms with van der Waals surface area (Å²) in [7, 11) is 0. The minimum absolute atomic E-state index is 0.186. The summed E-state index contributed by atoms with van der Waals surface area (Å²) >= 11 is 0. The Labute approximate surface area is 131 Å². The van der Waals surface area contributed by atoms with Crippen LogP contribution in [0.1, 0.15) is 40.2 Å². The number of piperidine rings is 1. The topological polar surface area (TPSA) is 45.3 Å². The minimum atomic E-state index is 0.186. The Morgan fingerprint density at radius 3 is 3.14 bits per heavy atom. The Bertz CT molecular complexity index is 604. The minimum Gasteiger partial charge on any atom is -0.500 e. The maximum Gasteiger partial charge on any atom is 0.169 e. The van der Waals surface area contributed by atoms with Crippen LogP contribution in [0.25, 0.3) is 0 Å². The van der Waals surface area contributed by atoms with Gasteiger partial charge >= 0.3 is 0 Å². The van der Waals surface area contributed by atoms with Gasteiger partial charge in [-0.15, -0.1) is 0 Å². The van der Waals surface area contributed by atoms with Crippen molar-refractivity contribution in [3.05, 3.63) is 35.4 Å². The molecule has 118 valence electrons. The summed E-state index contributed by atoms with van der Waals surface area (Å²) < 4.78 is 5.24. The zero-order valence-electron chi connectivity index (χ0n) is 13.1. The van der Waals surface area contributed by atoms with Crippen LogP contribution < -0.4 is 0 Å². The van der Waals surface area contributed by atoms with E-state index in [2.05, 4.69) is 16.5 Å². The van der Waals surface area contributed by atoms with E-state index >= 15 is 0 Å². The Morgan fingerprint density at radius 2 is 2.27 bits per heavy atom. The number of hydrogen-bond donors (Lipinski definition) is 1. The molecular weight excluding hydrogens is 276 g/mol. The van der Waals surface area contributed by atoms with Crippen molar-refractivity contribution in [2.24, 2.45) is 11.8 Å². The second-order valence-corrected chi connectivity index (χ2v) is 6.85. The molecule has 3 aliphatic rings. The maximum atomic E-state index is 13.1. The second-order valence-electron chi connectivity index (χ2n) is 6.85. The van der Waals surface area contributed by atoms with Crippen molar-refractivity contribution in [2.45, 2.75) is 32.1 Å². The van der Waals surface area contributed by atoms with Gasteiger partial charge in [-0.3, -0.25) is 9.69 Å². The first-order valence-electron chi connectivity index (χ1n) is 8.49. The number of carbonyl (C=O) groups excluding carboxylic acids is 1. The number of likely N-dealkylation sites (tertiary alicyclic amines) is 1. The predicted octanol–water partition coefficient (Wildman–Crippen LogP) is 2.34. The molecule has 0 spiro atoms. The highest BCUT2D eigenvalue weighted by Gasteiger charge is 2.42. The fraction of sp³-hybridized carbons (Fsp3) is 0.611. The third-order valence-corrected chi connectivity index (χ3v) is 5.66. The number of rotatable bonds is 4. The molecule has 4 nitrogen and oxygen atoms in total. The summed E-state index contributed by atoms with van der Waals surface area (Å²) in [4.78, 5) is 19.0. The summed E-state index contributed by atoms with van der Waals surface area (Å²) in [6.45, 7) is 7.10. The van der Waals surface area contributed by atoms with E-state index in [0.29, 0.717) is 18.3 Å². The number of aromatic nitrogens is 1. The molecule has 0 radical (unpaired) electrons. The second kappa shape index (κ2) is 5.58. The molecule has 2 aliphatic carbocycles. The van der Waals surface area contributed by atoms with E-state index in [1.54, 1.807) is 0 Å². The van der Waals surface area contributed by atoms with Crippen LogP contribution in [0.2, 0.25) is 0 Å². The SMILES string of the molecule is C=COCCN1CC[C@H]2Cc3[nH]c4c(c3C(=O)[C@@H]2C1)CCC4. The van der Waals surface area contributed by atoms with Crippen LogP contribution in [-0.4, -0.2) is 41.9 Å². The average molecular weight is 300 g/mol. The first-order chi connectivity index (χ1) is 10.8. The first kappa shape index (κ1) is 14.1. The number of fused-ring (bicyclic) bond motifs is 4. The molecule has 0 saturated carbocycles. The highest BCUT2D eigenvalue weighted by molar-refractivity contribution is 6.02. The lowest BCUT2D eigenvalue weighted by Gasteiger charge is -2.40. The van der Waals surface area contributed by atoms with E-state index < -0.39 is 0 Å². The zero-order chi connectivity index (χ0) is 15.1. The largest absolute Gasteiger partial charge is 0.500 e. The number of nitrogens with one attached hydrogen (secondary N) is 1. The van der Waals surface area contributed by atoms with Gasteiger partial charge in [0.25, 0.3) is 0 Å². The molecule has 4 rings (SSSR count).